The molecule has 0 aromatic carbocycles. The molecule has 0 radical (unpaired) electrons. The Hall–Kier alpha value is -1.06. The van der Waals surface area contributed by atoms with Gasteiger partial charge in [0, 0.05) is 5.92 Å². The quantitative estimate of drug-likeness (QED) is 0.789. The van der Waals surface area contributed by atoms with Crippen molar-refractivity contribution < 1.29 is 14.3 Å². The topological polar surface area (TPSA) is 55.4 Å². The summed E-state index contributed by atoms with van der Waals surface area (Å²) in [6.45, 7) is 10.3. The highest BCUT2D eigenvalue weighted by Crippen LogP contribution is 2.38. The van der Waals surface area contributed by atoms with Crippen molar-refractivity contribution in [3.63, 3.8) is 0 Å². The fourth-order valence-electron chi connectivity index (χ4n) is 3.15. The highest BCUT2D eigenvalue weighted by molar-refractivity contribution is 5.85. The molecule has 0 aromatic heterocycles. The Bertz CT molecular complexity index is 341. The molecule has 20 heavy (non-hydrogen) atoms. The van der Waals surface area contributed by atoms with Gasteiger partial charge in [-0.15, -0.1) is 0 Å². The zero-order valence-corrected chi connectivity index (χ0v) is 13.4. The summed E-state index contributed by atoms with van der Waals surface area (Å²) >= 11 is 0. The first kappa shape index (κ1) is 17.0. The van der Waals surface area contributed by atoms with Crippen molar-refractivity contribution in [1.82, 2.24) is 5.32 Å². The van der Waals surface area contributed by atoms with Gasteiger partial charge in [0.05, 0.1) is 6.61 Å². The first-order chi connectivity index (χ1) is 9.36. The molecule has 0 aromatic rings. The molecule has 0 aliphatic heterocycles. The Morgan fingerprint density at radius 1 is 1.25 bits per heavy atom. The SMILES string of the molecule is CCOC(=O)C(C)NC(=O)C1CC(C)CCC1C(C)C. The van der Waals surface area contributed by atoms with E-state index in [4.69, 9.17) is 4.74 Å². The summed E-state index contributed by atoms with van der Waals surface area (Å²) in [5, 5.41) is 2.83. The number of rotatable bonds is 5. The van der Waals surface area contributed by atoms with Crippen LogP contribution in [0.5, 0.6) is 0 Å². The van der Waals surface area contributed by atoms with Crippen LogP contribution in [0.2, 0.25) is 0 Å². The van der Waals surface area contributed by atoms with E-state index in [0.717, 1.165) is 12.8 Å². The Morgan fingerprint density at radius 3 is 2.45 bits per heavy atom. The lowest BCUT2D eigenvalue weighted by Gasteiger charge is -2.36. The molecule has 1 fully saturated rings. The van der Waals surface area contributed by atoms with Crippen LogP contribution in [-0.2, 0) is 14.3 Å². The minimum atomic E-state index is -0.563. The predicted molar refractivity (Wildman–Crippen MR) is 79.1 cm³/mol. The zero-order valence-electron chi connectivity index (χ0n) is 13.4. The summed E-state index contributed by atoms with van der Waals surface area (Å²) in [4.78, 5) is 24.1. The monoisotopic (exact) mass is 283 g/mol. The standard InChI is InChI=1S/C16H29NO3/c1-6-20-16(19)12(5)17-15(18)14-9-11(4)7-8-13(14)10(2)3/h10-14H,6-9H2,1-5H3,(H,17,18). The molecule has 0 bridgehead atoms. The van der Waals surface area contributed by atoms with Crippen LogP contribution in [0.1, 0.15) is 53.9 Å². The van der Waals surface area contributed by atoms with Gasteiger partial charge in [0.2, 0.25) is 5.91 Å². The van der Waals surface area contributed by atoms with Crippen LogP contribution in [-0.4, -0.2) is 24.5 Å². The van der Waals surface area contributed by atoms with E-state index in [1.165, 1.54) is 6.42 Å². The highest BCUT2D eigenvalue weighted by Gasteiger charge is 2.36. The van der Waals surface area contributed by atoms with E-state index in [-0.39, 0.29) is 17.8 Å². The summed E-state index contributed by atoms with van der Waals surface area (Å²) < 4.78 is 4.93. The van der Waals surface area contributed by atoms with Crippen molar-refractivity contribution in [1.29, 1.82) is 0 Å². The first-order valence-corrected chi connectivity index (χ1v) is 7.83. The summed E-state index contributed by atoms with van der Waals surface area (Å²) in [5.74, 6) is 1.17. The van der Waals surface area contributed by atoms with Crippen LogP contribution in [0.15, 0.2) is 0 Å². The van der Waals surface area contributed by atoms with E-state index < -0.39 is 6.04 Å². The van der Waals surface area contributed by atoms with E-state index in [1.54, 1.807) is 13.8 Å². The molecule has 0 saturated heterocycles. The van der Waals surface area contributed by atoms with Gasteiger partial charge < -0.3 is 10.1 Å². The smallest absolute Gasteiger partial charge is 0.328 e. The minimum Gasteiger partial charge on any atom is -0.464 e. The van der Waals surface area contributed by atoms with Gasteiger partial charge in [-0.3, -0.25) is 4.79 Å². The Morgan fingerprint density at radius 2 is 1.90 bits per heavy atom. The molecule has 4 nitrogen and oxygen atoms in total. The molecule has 0 heterocycles. The average Bonchev–Trinajstić information content (AvgIpc) is 2.38. The van der Waals surface area contributed by atoms with Gasteiger partial charge in [-0.1, -0.05) is 27.2 Å². The molecule has 4 atom stereocenters. The van der Waals surface area contributed by atoms with Crippen molar-refractivity contribution in [2.45, 2.75) is 59.9 Å². The number of nitrogens with one attached hydrogen (secondary N) is 1. The third-order valence-corrected chi connectivity index (χ3v) is 4.36. The minimum absolute atomic E-state index is 0.0100. The molecule has 4 unspecified atom stereocenters. The van der Waals surface area contributed by atoms with Gasteiger partial charge in [0.15, 0.2) is 0 Å². The fraction of sp³-hybridized carbons (Fsp3) is 0.875. The third kappa shape index (κ3) is 4.50. The van der Waals surface area contributed by atoms with Crippen molar-refractivity contribution in [2.75, 3.05) is 6.61 Å². The molecule has 1 saturated carbocycles. The van der Waals surface area contributed by atoms with Crippen molar-refractivity contribution in [3.8, 4) is 0 Å². The molecule has 1 aliphatic rings. The lowest BCUT2D eigenvalue weighted by molar-refractivity contribution is -0.147. The van der Waals surface area contributed by atoms with E-state index in [9.17, 15) is 9.59 Å². The van der Waals surface area contributed by atoms with Crippen molar-refractivity contribution >= 4 is 11.9 Å². The molecular weight excluding hydrogens is 254 g/mol. The predicted octanol–water partition coefficient (Wildman–Crippen LogP) is 2.76. The molecule has 4 heteroatoms. The van der Waals surface area contributed by atoms with Crippen LogP contribution in [0.25, 0.3) is 0 Å². The number of esters is 1. The van der Waals surface area contributed by atoms with E-state index >= 15 is 0 Å². The van der Waals surface area contributed by atoms with Gasteiger partial charge >= 0.3 is 5.97 Å². The zero-order chi connectivity index (χ0) is 15.3. The second-order valence-corrected chi connectivity index (χ2v) is 6.41. The molecule has 0 spiro atoms. The molecule has 1 N–H and O–H groups in total. The second kappa shape index (κ2) is 7.65. The van der Waals surface area contributed by atoms with E-state index in [1.807, 2.05) is 0 Å². The second-order valence-electron chi connectivity index (χ2n) is 6.41. The van der Waals surface area contributed by atoms with Crippen LogP contribution in [0, 0.1) is 23.7 Å². The highest BCUT2D eigenvalue weighted by atomic mass is 16.5. The van der Waals surface area contributed by atoms with Gasteiger partial charge in [0.25, 0.3) is 0 Å². The maximum absolute atomic E-state index is 12.5. The Kier molecular flexibility index (Phi) is 6.50. The molecular formula is C16H29NO3. The number of carbonyl (C=O) groups excluding carboxylic acids is 2. The van der Waals surface area contributed by atoms with E-state index in [0.29, 0.717) is 24.4 Å². The molecule has 1 aliphatic carbocycles. The van der Waals surface area contributed by atoms with Crippen LogP contribution >= 0.6 is 0 Å². The number of ether oxygens (including phenoxy) is 1. The van der Waals surface area contributed by atoms with Gasteiger partial charge in [-0.25, -0.2) is 4.79 Å². The maximum Gasteiger partial charge on any atom is 0.328 e. The third-order valence-electron chi connectivity index (χ3n) is 4.36. The Balaban J connectivity index is 2.65. The van der Waals surface area contributed by atoms with Crippen LogP contribution in [0.3, 0.4) is 0 Å². The summed E-state index contributed by atoms with van der Waals surface area (Å²) in [7, 11) is 0. The maximum atomic E-state index is 12.5. The van der Waals surface area contributed by atoms with Gasteiger partial charge in [0.1, 0.15) is 6.04 Å². The summed E-state index contributed by atoms with van der Waals surface area (Å²) in [6, 6.07) is -0.563. The number of amides is 1. The number of hydrogen-bond donors (Lipinski definition) is 1. The van der Waals surface area contributed by atoms with Gasteiger partial charge in [-0.2, -0.15) is 0 Å². The number of hydrogen-bond acceptors (Lipinski definition) is 3. The largest absolute Gasteiger partial charge is 0.464 e. The first-order valence-electron chi connectivity index (χ1n) is 7.83. The van der Waals surface area contributed by atoms with Crippen LogP contribution < -0.4 is 5.32 Å². The van der Waals surface area contributed by atoms with Crippen molar-refractivity contribution in [2.24, 2.45) is 23.7 Å². The average molecular weight is 283 g/mol. The lowest BCUT2D eigenvalue weighted by atomic mass is 9.69. The molecule has 1 rings (SSSR count). The number of carbonyl (C=O) groups is 2. The van der Waals surface area contributed by atoms with Gasteiger partial charge in [-0.05, 0) is 44.4 Å². The lowest BCUT2D eigenvalue weighted by Crippen LogP contribution is -2.46. The fourth-order valence-corrected chi connectivity index (χ4v) is 3.15. The van der Waals surface area contributed by atoms with E-state index in [2.05, 4.69) is 26.1 Å². The summed E-state index contributed by atoms with van der Waals surface area (Å²) in [6.07, 6.45) is 3.22. The Labute approximate surface area is 122 Å². The summed E-state index contributed by atoms with van der Waals surface area (Å²) in [5.41, 5.74) is 0. The van der Waals surface area contributed by atoms with Crippen LogP contribution in [0.4, 0.5) is 0 Å². The normalized spacial score (nSPS) is 28.0. The molecule has 116 valence electrons. The molecule has 1 amide bonds. The van der Waals surface area contributed by atoms with Crippen molar-refractivity contribution in [3.05, 3.63) is 0 Å².